The fourth-order valence-electron chi connectivity index (χ4n) is 1.83. The Morgan fingerprint density at radius 1 is 1.33 bits per heavy atom. The highest BCUT2D eigenvalue weighted by Gasteiger charge is 2.20. The van der Waals surface area contributed by atoms with E-state index in [0.717, 1.165) is 25.6 Å². The van der Waals surface area contributed by atoms with Crippen molar-refractivity contribution in [2.75, 3.05) is 39.4 Å². The van der Waals surface area contributed by atoms with Crippen molar-refractivity contribution in [1.82, 2.24) is 10.2 Å². The minimum absolute atomic E-state index is 0.217. The van der Waals surface area contributed by atoms with E-state index in [1.54, 1.807) is 0 Å². The molecule has 0 radical (unpaired) electrons. The Kier molecular flexibility index (Phi) is 3.97. The van der Waals surface area contributed by atoms with Gasteiger partial charge in [-0.2, -0.15) is 0 Å². The number of hydrogen-bond acceptors (Lipinski definition) is 3. The molecule has 2 aliphatic rings. The highest BCUT2D eigenvalue weighted by molar-refractivity contribution is 5.78. The van der Waals surface area contributed by atoms with E-state index in [-0.39, 0.29) is 5.91 Å². The van der Waals surface area contributed by atoms with Crippen molar-refractivity contribution in [1.29, 1.82) is 0 Å². The Morgan fingerprint density at radius 2 is 2.07 bits per heavy atom. The molecule has 0 spiro atoms. The molecule has 1 aliphatic heterocycles. The molecule has 4 heteroatoms. The van der Waals surface area contributed by atoms with Gasteiger partial charge in [0.2, 0.25) is 5.91 Å². The molecular formula is C11H20N2O2. The largest absolute Gasteiger partial charge is 0.378 e. The normalized spacial score (nSPS) is 21.7. The molecule has 0 aromatic carbocycles. The molecule has 1 amide bonds. The second-order valence-corrected chi connectivity index (χ2v) is 4.40. The molecule has 15 heavy (non-hydrogen) atoms. The average molecular weight is 212 g/mol. The lowest BCUT2D eigenvalue weighted by atomic mass is 10.3. The third-order valence-corrected chi connectivity index (χ3v) is 3.07. The average Bonchev–Trinajstić information content (AvgIpc) is 3.09. The van der Waals surface area contributed by atoms with Gasteiger partial charge in [0.15, 0.2) is 0 Å². The van der Waals surface area contributed by atoms with E-state index in [1.165, 1.54) is 19.3 Å². The molecule has 0 aromatic heterocycles. The first-order valence-corrected chi connectivity index (χ1v) is 5.92. The van der Waals surface area contributed by atoms with E-state index in [1.807, 2.05) is 4.90 Å². The molecule has 0 unspecified atom stereocenters. The van der Waals surface area contributed by atoms with E-state index >= 15 is 0 Å². The number of amides is 1. The summed E-state index contributed by atoms with van der Waals surface area (Å²) in [6, 6.07) is 0. The highest BCUT2D eigenvalue weighted by Crippen LogP contribution is 2.31. The standard InChI is InChI=1S/C11H20N2O2/c14-11(13-5-7-15-8-6-13)9-12-4-3-10-1-2-10/h10,12H,1-9H2. The van der Waals surface area contributed by atoms with Gasteiger partial charge in [0.05, 0.1) is 19.8 Å². The predicted molar refractivity (Wildman–Crippen MR) is 57.6 cm³/mol. The SMILES string of the molecule is O=C(CNCCC1CC1)N1CCOCC1. The molecule has 0 bridgehead atoms. The maximum atomic E-state index is 11.7. The van der Waals surface area contributed by atoms with Crippen LogP contribution in [0.4, 0.5) is 0 Å². The molecule has 1 N–H and O–H groups in total. The number of hydrogen-bond donors (Lipinski definition) is 1. The van der Waals surface area contributed by atoms with Gasteiger partial charge in [-0.15, -0.1) is 0 Å². The number of rotatable bonds is 5. The van der Waals surface area contributed by atoms with Crippen molar-refractivity contribution in [3.8, 4) is 0 Å². The maximum Gasteiger partial charge on any atom is 0.236 e. The summed E-state index contributed by atoms with van der Waals surface area (Å²) in [6.07, 6.45) is 4.01. The van der Waals surface area contributed by atoms with E-state index in [0.29, 0.717) is 19.8 Å². The first kappa shape index (κ1) is 10.9. The lowest BCUT2D eigenvalue weighted by Crippen LogP contribution is -2.44. The molecular weight excluding hydrogens is 192 g/mol. The molecule has 2 rings (SSSR count). The van der Waals surface area contributed by atoms with Crippen LogP contribution in [0.15, 0.2) is 0 Å². The van der Waals surface area contributed by atoms with E-state index in [4.69, 9.17) is 4.74 Å². The van der Waals surface area contributed by atoms with Crippen molar-refractivity contribution in [3.05, 3.63) is 0 Å². The molecule has 1 aliphatic carbocycles. The third kappa shape index (κ3) is 3.80. The van der Waals surface area contributed by atoms with Crippen LogP contribution in [-0.4, -0.2) is 50.2 Å². The molecule has 1 heterocycles. The topological polar surface area (TPSA) is 41.6 Å². The fraction of sp³-hybridized carbons (Fsp3) is 0.909. The third-order valence-electron chi connectivity index (χ3n) is 3.07. The second-order valence-electron chi connectivity index (χ2n) is 4.40. The molecule has 4 nitrogen and oxygen atoms in total. The Balaban J connectivity index is 1.54. The smallest absolute Gasteiger partial charge is 0.236 e. The van der Waals surface area contributed by atoms with Crippen LogP contribution in [0.1, 0.15) is 19.3 Å². The van der Waals surface area contributed by atoms with Crippen molar-refractivity contribution < 1.29 is 9.53 Å². The summed E-state index contributed by atoms with van der Waals surface area (Å²) in [6.45, 7) is 4.36. The summed E-state index contributed by atoms with van der Waals surface area (Å²) in [4.78, 5) is 13.5. The summed E-state index contributed by atoms with van der Waals surface area (Å²) >= 11 is 0. The van der Waals surface area contributed by atoms with Crippen LogP contribution in [-0.2, 0) is 9.53 Å². The van der Waals surface area contributed by atoms with Gasteiger partial charge in [0.25, 0.3) is 0 Å². The number of carbonyl (C=O) groups is 1. The van der Waals surface area contributed by atoms with E-state index in [9.17, 15) is 4.79 Å². The zero-order valence-electron chi connectivity index (χ0n) is 9.21. The first-order valence-electron chi connectivity index (χ1n) is 5.92. The fourth-order valence-corrected chi connectivity index (χ4v) is 1.83. The molecule has 1 saturated carbocycles. The van der Waals surface area contributed by atoms with Gasteiger partial charge in [-0.25, -0.2) is 0 Å². The predicted octanol–water partition coefficient (Wildman–Crippen LogP) is 0.235. The van der Waals surface area contributed by atoms with Gasteiger partial charge in [-0.3, -0.25) is 4.79 Å². The maximum absolute atomic E-state index is 11.7. The van der Waals surface area contributed by atoms with Gasteiger partial charge in [-0.05, 0) is 18.9 Å². The molecule has 1 saturated heterocycles. The second kappa shape index (κ2) is 5.47. The summed E-state index contributed by atoms with van der Waals surface area (Å²) in [5, 5.41) is 3.22. The van der Waals surface area contributed by atoms with Crippen molar-refractivity contribution in [2.45, 2.75) is 19.3 Å². The number of carbonyl (C=O) groups excluding carboxylic acids is 1. The first-order chi connectivity index (χ1) is 7.36. The number of morpholine rings is 1. The number of nitrogens with zero attached hydrogens (tertiary/aromatic N) is 1. The van der Waals surface area contributed by atoms with Crippen LogP contribution in [0.5, 0.6) is 0 Å². The lowest BCUT2D eigenvalue weighted by Gasteiger charge is -2.26. The zero-order valence-corrected chi connectivity index (χ0v) is 9.21. The van der Waals surface area contributed by atoms with Crippen LogP contribution < -0.4 is 5.32 Å². The van der Waals surface area contributed by atoms with Crippen LogP contribution in [0, 0.1) is 5.92 Å². The summed E-state index contributed by atoms with van der Waals surface area (Å²) in [5.74, 6) is 1.16. The van der Waals surface area contributed by atoms with Crippen LogP contribution in [0.25, 0.3) is 0 Å². The van der Waals surface area contributed by atoms with Crippen LogP contribution >= 0.6 is 0 Å². The summed E-state index contributed by atoms with van der Waals surface area (Å²) < 4.78 is 5.20. The van der Waals surface area contributed by atoms with E-state index < -0.39 is 0 Å². The Labute approximate surface area is 91.0 Å². The van der Waals surface area contributed by atoms with Gasteiger partial charge in [0, 0.05) is 13.1 Å². The van der Waals surface area contributed by atoms with Crippen LogP contribution in [0.3, 0.4) is 0 Å². The monoisotopic (exact) mass is 212 g/mol. The summed E-state index contributed by atoms with van der Waals surface area (Å²) in [5.41, 5.74) is 0. The van der Waals surface area contributed by atoms with Crippen molar-refractivity contribution in [2.24, 2.45) is 5.92 Å². The van der Waals surface area contributed by atoms with Gasteiger partial charge in [-0.1, -0.05) is 12.8 Å². The molecule has 0 aromatic rings. The molecule has 2 fully saturated rings. The number of ether oxygens (including phenoxy) is 1. The Bertz CT molecular complexity index is 211. The zero-order chi connectivity index (χ0) is 10.5. The lowest BCUT2D eigenvalue weighted by molar-refractivity contribution is -0.134. The van der Waals surface area contributed by atoms with Gasteiger partial charge < -0.3 is 15.0 Å². The quantitative estimate of drug-likeness (QED) is 0.664. The van der Waals surface area contributed by atoms with Crippen LogP contribution in [0.2, 0.25) is 0 Å². The highest BCUT2D eigenvalue weighted by atomic mass is 16.5. The Hall–Kier alpha value is -0.610. The van der Waals surface area contributed by atoms with Crippen molar-refractivity contribution in [3.63, 3.8) is 0 Å². The number of nitrogens with one attached hydrogen (secondary N) is 1. The van der Waals surface area contributed by atoms with Gasteiger partial charge >= 0.3 is 0 Å². The van der Waals surface area contributed by atoms with Crippen molar-refractivity contribution >= 4 is 5.91 Å². The Morgan fingerprint density at radius 3 is 2.73 bits per heavy atom. The minimum Gasteiger partial charge on any atom is -0.378 e. The molecule has 0 atom stereocenters. The van der Waals surface area contributed by atoms with E-state index in [2.05, 4.69) is 5.32 Å². The minimum atomic E-state index is 0.217. The van der Waals surface area contributed by atoms with Gasteiger partial charge in [0.1, 0.15) is 0 Å². The summed E-state index contributed by atoms with van der Waals surface area (Å²) in [7, 11) is 0. The molecule has 86 valence electrons.